The van der Waals surface area contributed by atoms with Gasteiger partial charge in [-0.3, -0.25) is 19.2 Å². The van der Waals surface area contributed by atoms with Crippen LogP contribution in [0.25, 0.3) is 10.8 Å². The molecule has 5 amide bonds. The fraction of sp³-hybridized carbons (Fsp3) is 0.395. The number of carbonyl (C=O) groups excluding carboxylic acids is 5. The molecule has 1 fully saturated rings. The molecule has 1 aliphatic heterocycles. The molecule has 2 atom stereocenters. The summed E-state index contributed by atoms with van der Waals surface area (Å²) in [6.45, 7) is 9.08. The van der Waals surface area contributed by atoms with Gasteiger partial charge in [-0.05, 0) is 60.1 Å². The third-order valence-electron chi connectivity index (χ3n) is 8.45. The third kappa shape index (κ3) is 10.9. The Kier molecular flexibility index (Phi) is 13.7. The lowest BCUT2D eigenvalue weighted by Gasteiger charge is -2.38. The van der Waals surface area contributed by atoms with E-state index in [9.17, 15) is 24.0 Å². The van der Waals surface area contributed by atoms with Crippen LogP contribution in [0, 0.1) is 5.92 Å². The second-order valence-corrected chi connectivity index (χ2v) is 12.6. The number of alkyl carbamates (subject to hydrolysis) is 1. The van der Waals surface area contributed by atoms with Crippen molar-refractivity contribution in [3.8, 4) is 0 Å². The van der Waals surface area contributed by atoms with Gasteiger partial charge in [0, 0.05) is 38.3 Å². The van der Waals surface area contributed by atoms with E-state index in [4.69, 9.17) is 4.74 Å². The molecule has 0 unspecified atom stereocenters. The Morgan fingerprint density at radius 3 is 2.10 bits per heavy atom. The van der Waals surface area contributed by atoms with E-state index < -0.39 is 18.2 Å². The predicted octanol–water partition coefficient (Wildman–Crippen LogP) is 4.42. The van der Waals surface area contributed by atoms with Gasteiger partial charge in [0.2, 0.25) is 17.7 Å². The summed E-state index contributed by atoms with van der Waals surface area (Å²) in [6, 6.07) is 20.9. The Hall–Kier alpha value is -5.19. The Bertz CT molecular complexity index is 1600. The highest BCUT2D eigenvalue weighted by Crippen LogP contribution is 2.20. The van der Waals surface area contributed by atoms with Crippen molar-refractivity contribution in [2.75, 3.05) is 32.7 Å². The lowest BCUT2D eigenvalue weighted by molar-refractivity contribution is -0.142. The highest BCUT2D eigenvalue weighted by Gasteiger charge is 2.33. The number of hydrogen-bond acceptors (Lipinski definition) is 6. The first-order valence-corrected chi connectivity index (χ1v) is 16.9. The molecule has 0 aromatic heterocycles. The SMILES string of the molecule is C=CC(=O)NCCCC[C@H](NC(=O)OCc1ccccc1)C(=O)N1CCN(C(=O)[C@H](CC(C)C)NC(=O)c2cccc3ccccc23)CC1. The van der Waals surface area contributed by atoms with Gasteiger partial charge in [-0.1, -0.05) is 87.2 Å². The number of ether oxygens (including phenoxy) is 1. The molecule has 0 saturated carbocycles. The minimum atomic E-state index is -0.839. The number of benzene rings is 3. The van der Waals surface area contributed by atoms with E-state index in [1.807, 2.05) is 80.6 Å². The number of fused-ring (bicyclic) bond motifs is 1. The van der Waals surface area contributed by atoms with Crippen molar-refractivity contribution in [3.05, 3.63) is 96.6 Å². The summed E-state index contributed by atoms with van der Waals surface area (Å²) in [7, 11) is 0. The van der Waals surface area contributed by atoms with Crippen LogP contribution in [0.15, 0.2) is 85.5 Å². The quantitative estimate of drug-likeness (QED) is 0.162. The molecular weight excluding hydrogens is 622 g/mol. The number of amides is 5. The van der Waals surface area contributed by atoms with Crippen LogP contribution in [0.3, 0.4) is 0 Å². The summed E-state index contributed by atoms with van der Waals surface area (Å²) in [5.74, 6) is -0.867. The van der Waals surface area contributed by atoms with Crippen molar-refractivity contribution in [2.24, 2.45) is 5.92 Å². The van der Waals surface area contributed by atoms with E-state index in [1.54, 1.807) is 15.9 Å². The normalized spacial score (nSPS) is 14.1. The number of nitrogens with zero attached hydrogens (tertiary/aromatic N) is 2. The van der Waals surface area contributed by atoms with E-state index >= 15 is 0 Å². The molecule has 0 spiro atoms. The highest BCUT2D eigenvalue weighted by molar-refractivity contribution is 6.08. The van der Waals surface area contributed by atoms with Crippen LogP contribution in [0.2, 0.25) is 0 Å². The highest BCUT2D eigenvalue weighted by atomic mass is 16.5. The van der Waals surface area contributed by atoms with Gasteiger partial charge in [-0.25, -0.2) is 4.79 Å². The summed E-state index contributed by atoms with van der Waals surface area (Å²) < 4.78 is 5.39. The second kappa shape index (κ2) is 18.4. The second-order valence-electron chi connectivity index (χ2n) is 12.6. The molecule has 0 bridgehead atoms. The Balaban J connectivity index is 1.36. The molecule has 3 N–H and O–H groups in total. The molecule has 0 aliphatic carbocycles. The van der Waals surface area contributed by atoms with Crippen molar-refractivity contribution >= 4 is 40.5 Å². The van der Waals surface area contributed by atoms with Gasteiger partial charge < -0.3 is 30.5 Å². The monoisotopic (exact) mass is 669 g/mol. The smallest absolute Gasteiger partial charge is 0.408 e. The van der Waals surface area contributed by atoms with Gasteiger partial charge in [0.1, 0.15) is 18.7 Å². The molecule has 1 heterocycles. The fourth-order valence-electron chi connectivity index (χ4n) is 5.86. The first-order chi connectivity index (χ1) is 23.7. The fourth-order valence-corrected chi connectivity index (χ4v) is 5.86. The molecule has 49 heavy (non-hydrogen) atoms. The summed E-state index contributed by atoms with van der Waals surface area (Å²) in [5, 5.41) is 10.2. The lowest BCUT2D eigenvalue weighted by atomic mass is 10.00. The Morgan fingerprint density at radius 2 is 1.43 bits per heavy atom. The van der Waals surface area contributed by atoms with Crippen molar-refractivity contribution in [1.82, 2.24) is 25.8 Å². The zero-order valence-corrected chi connectivity index (χ0v) is 28.4. The van der Waals surface area contributed by atoms with Crippen molar-refractivity contribution in [3.63, 3.8) is 0 Å². The van der Waals surface area contributed by atoms with Gasteiger partial charge in [-0.15, -0.1) is 0 Å². The van der Waals surface area contributed by atoms with Crippen molar-refractivity contribution < 1.29 is 28.7 Å². The van der Waals surface area contributed by atoms with Crippen LogP contribution in [0.5, 0.6) is 0 Å². The van der Waals surface area contributed by atoms with Gasteiger partial charge in [0.25, 0.3) is 5.91 Å². The van der Waals surface area contributed by atoms with Gasteiger partial charge in [0.15, 0.2) is 0 Å². The predicted molar refractivity (Wildman–Crippen MR) is 188 cm³/mol. The maximum absolute atomic E-state index is 13.8. The number of carbonyl (C=O) groups is 5. The van der Waals surface area contributed by atoms with E-state index in [2.05, 4.69) is 22.5 Å². The average molecular weight is 670 g/mol. The largest absolute Gasteiger partial charge is 0.445 e. The van der Waals surface area contributed by atoms with Crippen LogP contribution >= 0.6 is 0 Å². The molecule has 11 heteroatoms. The van der Waals surface area contributed by atoms with Crippen LogP contribution in [0.4, 0.5) is 4.79 Å². The van der Waals surface area contributed by atoms with Crippen molar-refractivity contribution in [1.29, 1.82) is 0 Å². The number of piperazine rings is 1. The van der Waals surface area contributed by atoms with Crippen LogP contribution in [0.1, 0.15) is 55.5 Å². The summed E-state index contributed by atoms with van der Waals surface area (Å²) in [5.41, 5.74) is 1.34. The third-order valence-corrected chi connectivity index (χ3v) is 8.45. The summed E-state index contributed by atoms with van der Waals surface area (Å²) in [6.07, 6.45) is 2.49. The standard InChI is InChI=1S/C38H47N5O6/c1-4-34(44)39-20-11-10-19-32(41-38(48)49-26-28-13-6-5-7-14-28)36(46)42-21-23-43(24-22-42)37(47)33(25-27(2)3)40-35(45)31-18-12-16-29-15-8-9-17-30(29)31/h4-9,12-18,27,32-33H,1,10-11,19-26H2,2-3H3,(H,39,44)(H,40,45)(H,41,48)/t32-,33-/m0/s1. The average Bonchev–Trinajstić information content (AvgIpc) is 3.12. The maximum atomic E-state index is 13.8. The first kappa shape index (κ1) is 36.6. The molecule has 3 aromatic carbocycles. The van der Waals surface area contributed by atoms with Gasteiger partial charge >= 0.3 is 6.09 Å². The Morgan fingerprint density at radius 1 is 0.796 bits per heavy atom. The first-order valence-electron chi connectivity index (χ1n) is 16.9. The van der Waals surface area contributed by atoms with E-state index in [0.29, 0.717) is 50.9 Å². The lowest BCUT2D eigenvalue weighted by Crippen LogP contribution is -2.58. The molecule has 1 saturated heterocycles. The number of hydrogen-bond donors (Lipinski definition) is 3. The molecule has 0 radical (unpaired) electrons. The summed E-state index contributed by atoms with van der Waals surface area (Å²) in [4.78, 5) is 68.5. The van der Waals surface area contributed by atoms with Gasteiger partial charge in [-0.2, -0.15) is 0 Å². The topological polar surface area (TPSA) is 137 Å². The van der Waals surface area contributed by atoms with E-state index in [0.717, 1.165) is 16.3 Å². The van der Waals surface area contributed by atoms with Gasteiger partial charge in [0.05, 0.1) is 0 Å². The molecule has 260 valence electrons. The molecular formula is C38H47N5O6. The minimum absolute atomic E-state index is 0.0660. The Labute approximate surface area is 288 Å². The maximum Gasteiger partial charge on any atom is 0.408 e. The number of rotatable bonds is 15. The molecule has 4 rings (SSSR count). The summed E-state index contributed by atoms with van der Waals surface area (Å²) >= 11 is 0. The van der Waals surface area contributed by atoms with Crippen LogP contribution < -0.4 is 16.0 Å². The molecule has 3 aromatic rings. The van der Waals surface area contributed by atoms with Crippen molar-refractivity contribution in [2.45, 2.75) is 58.2 Å². The molecule has 1 aliphatic rings. The van der Waals surface area contributed by atoms with Crippen LogP contribution in [-0.4, -0.2) is 84.3 Å². The zero-order chi connectivity index (χ0) is 35.2. The number of unbranched alkanes of at least 4 members (excludes halogenated alkanes) is 1. The zero-order valence-electron chi connectivity index (χ0n) is 28.4. The van der Waals surface area contributed by atoms with Crippen LogP contribution in [-0.2, 0) is 25.7 Å². The molecule has 11 nitrogen and oxygen atoms in total. The van der Waals surface area contributed by atoms with E-state index in [-0.39, 0.29) is 49.2 Å². The van der Waals surface area contributed by atoms with E-state index in [1.165, 1.54) is 6.08 Å². The minimum Gasteiger partial charge on any atom is -0.445 e. The number of nitrogens with one attached hydrogen (secondary N) is 3.